The summed E-state index contributed by atoms with van der Waals surface area (Å²) in [5.74, 6) is 0. The Balaban J connectivity index is 1.91. The molecule has 0 radical (unpaired) electrons. The Bertz CT molecular complexity index is 772. The zero-order valence-electron chi connectivity index (χ0n) is 10.6. The molecule has 98 valence electrons. The number of imidazole rings is 1. The lowest BCUT2D eigenvalue weighted by molar-refractivity contribution is 0.864. The average molecular weight is 280 g/mol. The van der Waals surface area contributed by atoms with Gasteiger partial charge in [-0.2, -0.15) is 5.10 Å². The summed E-state index contributed by atoms with van der Waals surface area (Å²) in [7, 11) is 0. The highest BCUT2D eigenvalue weighted by Gasteiger charge is 2.01. The third kappa shape index (κ3) is 2.73. The summed E-state index contributed by atoms with van der Waals surface area (Å²) >= 11 is 5.27. The second-order valence-corrected chi connectivity index (χ2v) is 4.60. The van der Waals surface area contributed by atoms with Crippen LogP contribution in [-0.2, 0) is 0 Å². The van der Waals surface area contributed by atoms with E-state index in [1.54, 1.807) is 23.3 Å². The van der Waals surface area contributed by atoms with Crippen LogP contribution in [0.5, 0.6) is 0 Å². The van der Waals surface area contributed by atoms with Crippen molar-refractivity contribution in [1.29, 1.82) is 0 Å². The van der Waals surface area contributed by atoms with Crippen LogP contribution in [0.2, 0.25) is 0 Å². The fourth-order valence-electron chi connectivity index (χ4n) is 1.82. The summed E-state index contributed by atoms with van der Waals surface area (Å²) in [6, 6.07) is 13.8. The number of hydrogen-bond donors (Lipinski definition) is 1. The number of hydrogen-bond acceptors (Lipinski definition) is 3. The molecule has 2 aromatic heterocycles. The van der Waals surface area contributed by atoms with Gasteiger partial charge in [0, 0.05) is 18.0 Å². The lowest BCUT2D eigenvalue weighted by atomic mass is 10.2. The molecule has 0 aliphatic carbocycles. The van der Waals surface area contributed by atoms with Crippen molar-refractivity contribution in [2.24, 2.45) is 5.10 Å². The van der Waals surface area contributed by atoms with Crippen molar-refractivity contribution < 1.29 is 0 Å². The monoisotopic (exact) mass is 280 g/mol. The minimum atomic E-state index is 0.559. The highest BCUT2D eigenvalue weighted by Crippen LogP contribution is 2.16. The van der Waals surface area contributed by atoms with Gasteiger partial charge in [0.2, 0.25) is 0 Å². The van der Waals surface area contributed by atoms with Crippen molar-refractivity contribution in [2.45, 2.75) is 0 Å². The van der Waals surface area contributed by atoms with E-state index in [-0.39, 0.29) is 0 Å². The molecule has 0 saturated heterocycles. The Hall–Kier alpha value is -2.53. The Morgan fingerprint density at radius 1 is 1.15 bits per heavy atom. The number of rotatable bonds is 3. The standard InChI is InChI=1S/C15H12N4S/c20-15-18-14(13-6-2-1-3-7-13)11-19(15)17-10-12-5-4-8-16-9-12/h1-11H,(H,18,20)/b17-10-. The van der Waals surface area contributed by atoms with Crippen LogP contribution in [-0.4, -0.2) is 20.9 Å². The van der Waals surface area contributed by atoms with Gasteiger partial charge in [-0.3, -0.25) is 4.98 Å². The molecular formula is C15H12N4S. The van der Waals surface area contributed by atoms with E-state index in [1.807, 2.05) is 48.7 Å². The molecule has 0 amide bonds. The summed E-state index contributed by atoms with van der Waals surface area (Å²) in [6.07, 6.45) is 7.08. The van der Waals surface area contributed by atoms with Gasteiger partial charge in [0.1, 0.15) is 0 Å². The number of nitrogens with one attached hydrogen (secondary N) is 1. The van der Waals surface area contributed by atoms with Crippen LogP contribution in [0.25, 0.3) is 11.3 Å². The van der Waals surface area contributed by atoms with Gasteiger partial charge < -0.3 is 4.98 Å². The van der Waals surface area contributed by atoms with Crippen molar-refractivity contribution >= 4 is 18.4 Å². The molecule has 0 spiro atoms. The van der Waals surface area contributed by atoms with Crippen molar-refractivity contribution in [3.8, 4) is 11.3 Å². The molecule has 0 aliphatic rings. The number of aromatic amines is 1. The molecule has 0 bridgehead atoms. The van der Waals surface area contributed by atoms with E-state index < -0.39 is 0 Å². The Morgan fingerprint density at radius 2 is 2.00 bits per heavy atom. The van der Waals surface area contributed by atoms with Gasteiger partial charge in [-0.15, -0.1) is 0 Å². The van der Waals surface area contributed by atoms with E-state index in [2.05, 4.69) is 15.1 Å². The number of benzene rings is 1. The van der Waals surface area contributed by atoms with Gasteiger partial charge in [-0.1, -0.05) is 36.4 Å². The van der Waals surface area contributed by atoms with Gasteiger partial charge in [0.15, 0.2) is 4.77 Å². The van der Waals surface area contributed by atoms with Gasteiger partial charge in [0.25, 0.3) is 0 Å². The molecule has 1 N–H and O–H groups in total. The van der Waals surface area contributed by atoms with Crippen LogP contribution < -0.4 is 0 Å². The highest BCUT2D eigenvalue weighted by atomic mass is 32.1. The maximum absolute atomic E-state index is 5.27. The average Bonchev–Trinajstić information content (AvgIpc) is 2.88. The molecule has 4 nitrogen and oxygen atoms in total. The third-order valence-corrected chi connectivity index (χ3v) is 3.09. The van der Waals surface area contributed by atoms with E-state index in [9.17, 15) is 0 Å². The third-order valence-electron chi connectivity index (χ3n) is 2.80. The maximum atomic E-state index is 5.27. The second kappa shape index (κ2) is 5.63. The molecule has 0 fully saturated rings. The first-order valence-corrected chi connectivity index (χ1v) is 6.55. The summed E-state index contributed by atoms with van der Waals surface area (Å²) in [4.78, 5) is 7.18. The number of pyridine rings is 1. The van der Waals surface area contributed by atoms with E-state index in [0.29, 0.717) is 4.77 Å². The van der Waals surface area contributed by atoms with Crippen molar-refractivity contribution in [1.82, 2.24) is 14.6 Å². The van der Waals surface area contributed by atoms with Crippen LogP contribution in [0.3, 0.4) is 0 Å². The molecular weight excluding hydrogens is 268 g/mol. The Labute approximate surface area is 121 Å². The van der Waals surface area contributed by atoms with E-state index in [1.165, 1.54) is 0 Å². The summed E-state index contributed by atoms with van der Waals surface area (Å²) in [5, 5.41) is 4.34. The van der Waals surface area contributed by atoms with Crippen LogP contribution in [0.4, 0.5) is 0 Å². The molecule has 3 rings (SSSR count). The first-order chi connectivity index (χ1) is 9.83. The van der Waals surface area contributed by atoms with Gasteiger partial charge in [0.05, 0.1) is 18.1 Å². The topological polar surface area (TPSA) is 46.0 Å². The largest absolute Gasteiger partial charge is 0.329 e. The summed E-state index contributed by atoms with van der Waals surface area (Å²) in [5.41, 5.74) is 2.95. The summed E-state index contributed by atoms with van der Waals surface area (Å²) in [6.45, 7) is 0. The van der Waals surface area contributed by atoms with Crippen LogP contribution in [0.1, 0.15) is 5.56 Å². The Kier molecular flexibility index (Phi) is 3.52. The van der Waals surface area contributed by atoms with E-state index in [0.717, 1.165) is 16.8 Å². The molecule has 1 aromatic carbocycles. The van der Waals surface area contributed by atoms with Crippen molar-refractivity contribution in [3.05, 3.63) is 71.4 Å². The molecule has 2 heterocycles. The molecule has 5 heteroatoms. The lowest BCUT2D eigenvalue weighted by Crippen LogP contribution is -1.89. The van der Waals surface area contributed by atoms with Crippen LogP contribution >= 0.6 is 12.2 Å². The molecule has 0 saturated carbocycles. The van der Waals surface area contributed by atoms with Gasteiger partial charge >= 0.3 is 0 Å². The fraction of sp³-hybridized carbons (Fsp3) is 0. The number of aromatic nitrogens is 3. The fourth-order valence-corrected chi connectivity index (χ4v) is 2.03. The zero-order valence-corrected chi connectivity index (χ0v) is 11.4. The molecule has 20 heavy (non-hydrogen) atoms. The quantitative estimate of drug-likeness (QED) is 0.589. The zero-order chi connectivity index (χ0) is 13.8. The minimum Gasteiger partial charge on any atom is -0.329 e. The predicted octanol–water partition coefficient (Wildman–Crippen LogP) is 3.49. The second-order valence-electron chi connectivity index (χ2n) is 4.21. The minimum absolute atomic E-state index is 0.559. The van der Waals surface area contributed by atoms with Gasteiger partial charge in [-0.05, 0) is 23.8 Å². The first-order valence-electron chi connectivity index (χ1n) is 6.14. The smallest absolute Gasteiger partial charge is 0.198 e. The molecule has 0 aliphatic heterocycles. The maximum Gasteiger partial charge on any atom is 0.198 e. The van der Waals surface area contributed by atoms with Crippen LogP contribution in [0.15, 0.2) is 66.2 Å². The Morgan fingerprint density at radius 3 is 2.75 bits per heavy atom. The molecule has 3 aromatic rings. The number of H-pyrrole nitrogens is 1. The first kappa shape index (κ1) is 12.5. The predicted molar refractivity (Wildman–Crippen MR) is 82.3 cm³/mol. The number of nitrogens with zero attached hydrogens (tertiary/aromatic N) is 3. The summed E-state index contributed by atoms with van der Waals surface area (Å²) < 4.78 is 2.20. The molecule has 0 unspecified atom stereocenters. The van der Waals surface area contributed by atoms with Crippen LogP contribution in [0, 0.1) is 4.77 Å². The normalized spacial score (nSPS) is 11.0. The highest BCUT2D eigenvalue weighted by molar-refractivity contribution is 7.71. The van der Waals surface area contributed by atoms with Crippen molar-refractivity contribution in [2.75, 3.05) is 0 Å². The van der Waals surface area contributed by atoms with E-state index >= 15 is 0 Å². The lowest BCUT2D eigenvalue weighted by Gasteiger charge is -1.94. The SMILES string of the molecule is S=c1[nH]c(-c2ccccc2)cn1/N=C\c1cccnc1. The van der Waals surface area contributed by atoms with E-state index in [4.69, 9.17) is 12.2 Å². The van der Waals surface area contributed by atoms with Crippen molar-refractivity contribution in [3.63, 3.8) is 0 Å². The molecule has 0 atom stereocenters. The van der Waals surface area contributed by atoms with Gasteiger partial charge in [-0.25, -0.2) is 4.68 Å².